The van der Waals surface area contributed by atoms with E-state index in [1.54, 1.807) is 13.3 Å². The van der Waals surface area contributed by atoms with Crippen LogP contribution in [0.3, 0.4) is 0 Å². The van der Waals surface area contributed by atoms with Crippen LogP contribution in [0.4, 0.5) is 5.82 Å². The second-order valence-corrected chi connectivity index (χ2v) is 8.95. The predicted octanol–water partition coefficient (Wildman–Crippen LogP) is 4.56. The van der Waals surface area contributed by atoms with Crippen molar-refractivity contribution in [2.45, 2.75) is 71.3 Å². The number of carbonyl (C=O) groups excluding carboxylic acids is 1. The number of piperazine rings is 1. The summed E-state index contributed by atoms with van der Waals surface area (Å²) in [6, 6.07) is 0.252. The molecule has 2 unspecified atom stereocenters. The van der Waals surface area contributed by atoms with Crippen molar-refractivity contribution in [2.75, 3.05) is 24.5 Å². The molecule has 29 heavy (non-hydrogen) atoms. The molecule has 1 aromatic heterocycles. The van der Waals surface area contributed by atoms with Crippen molar-refractivity contribution in [3.63, 3.8) is 0 Å². The summed E-state index contributed by atoms with van der Waals surface area (Å²) >= 11 is 0. The highest BCUT2D eigenvalue weighted by molar-refractivity contribution is 5.77. The number of aromatic nitrogens is 2. The highest BCUT2D eigenvalue weighted by Crippen LogP contribution is 2.37. The Hall–Kier alpha value is -2.17. The zero-order chi connectivity index (χ0) is 20.4. The molecule has 4 rings (SSSR count). The number of amides is 1. The fourth-order valence-electron chi connectivity index (χ4n) is 5.32. The van der Waals surface area contributed by atoms with Gasteiger partial charge in [0.2, 0.25) is 5.91 Å². The van der Waals surface area contributed by atoms with Gasteiger partial charge in [-0.2, -0.15) is 0 Å². The number of carbonyl (C=O) groups is 1. The molecule has 0 bridgehead atoms. The van der Waals surface area contributed by atoms with Crippen LogP contribution in [0.1, 0.15) is 76.5 Å². The second kappa shape index (κ2) is 8.68. The lowest BCUT2D eigenvalue weighted by molar-refractivity contribution is -0.132. The Labute approximate surface area is 174 Å². The average Bonchev–Trinajstić information content (AvgIpc) is 3.08. The van der Waals surface area contributed by atoms with Crippen LogP contribution >= 0.6 is 0 Å². The molecule has 0 radical (unpaired) electrons. The monoisotopic (exact) mass is 394 g/mol. The van der Waals surface area contributed by atoms with E-state index in [0.717, 1.165) is 51.1 Å². The molecule has 2 heterocycles. The zero-order valence-corrected chi connectivity index (χ0v) is 18.1. The lowest BCUT2D eigenvalue weighted by Crippen LogP contribution is -2.57. The molecule has 5 heteroatoms. The second-order valence-electron chi connectivity index (χ2n) is 8.95. The molecule has 3 aliphatic rings. The van der Waals surface area contributed by atoms with Crippen LogP contribution < -0.4 is 4.90 Å². The first kappa shape index (κ1) is 20.1. The molecule has 1 fully saturated rings. The van der Waals surface area contributed by atoms with Crippen LogP contribution in [-0.4, -0.2) is 46.5 Å². The van der Waals surface area contributed by atoms with Gasteiger partial charge in [0.1, 0.15) is 12.1 Å². The lowest BCUT2D eigenvalue weighted by atomic mass is 9.89. The van der Waals surface area contributed by atoms with Crippen molar-refractivity contribution in [1.29, 1.82) is 0 Å². The summed E-state index contributed by atoms with van der Waals surface area (Å²) in [5, 5.41) is 0. The lowest BCUT2D eigenvalue weighted by Gasteiger charge is -2.45. The quantitative estimate of drug-likeness (QED) is 0.690. The van der Waals surface area contributed by atoms with Gasteiger partial charge in [-0.05, 0) is 62.9 Å². The first-order valence-electron chi connectivity index (χ1n) is 11.3. The van der Waals surface area contributed by atoms with Crippen LogP contribution in [0, 0.1) is 5.92 Å². The van der Waals surface area contributed by atoms with E-state index in [-0.39, 0.29) is 11.9 Å². The Balaban J connectivity index is 1.67. The summed E-state index contributed by atoms with van der Waals surface area (Å²) in [4.78, 5) is 26.4. The smallest absolute Gasteiger partial charge is 0.219 e. The van der Waals surface area contributed by atoms with Gasteiger partial charge >= 0.3 is 0 Å². The summed E-state index contributed by atoms with van der Waals surface area (Å²) in [7, 11) is 0. The number of hydrogen-bond acceptors (Lipinski definition) is 4. The van der Waals surface area contributed by atoms with Crippen molar-refractivity contribution in [1.82, 2.24) is 14.9 Å². The van der Waals surface area contributed by atoms with Gasteiger partial charge in [0.15, 0.2) is 0 Å². The van der Waals surface area contributed by atoms with E-state index in [0.29, 0.717) is 11.8 Å². The highest BCUT2D eigenvalue weighted by atomic mass is 16.2. The predicted molar refractivity (Wildman–Crippen MR) is 118 cm³/mol. The first-order chi connectivity index (χ1) is 14.1. The Morgan fingerprint density at radius 3 is 2.83 bits per heavy atom. The summed E-state index contributed by atoms with van der Waals surface area (Å²) in [5.41, 5.74) is 3.71. The average molecular weight is 395 g/mol. The Kier molecular flexibility index (Phi) is 6.02. The molecule has 1 aliphatic heterocycles. The third kappa shape index (κ3) is 4.10. The van der Waals surface area contributed by atoms with Crippen molar-refractivity contribution in [2.24, 2.45) is 5.92 Å². The minimum Gasteiger partial charge on any atom is -0.352 e. The molecule has 3 atom stereocenters. The van der Waals surface area contributed by atoms with Crippen molar-refractivity contribution in [3.8, 4) is 0 Å². The van der Waals surface area contributed by atoms with Gasteiger partial charge in [0.05, 0.1) is 11.7 Å². The summed E-state index contributed by atoms with van der Waals surface area (Å²) < 4.78 is 0. The number of fused-ring (bicyclic) bond motifs is 1. The molecule has 0 N–H and O–H groups in total. The van der Waals surface area contributed by atoms with Gasteiger partial charge in [0.25, 0.3) is 0 Å². The minimum absolute atomic E-state index is 0.203. The molecule has 1 saturated heterocycles. The number of rotatable bonds is 2. The number of anilines is 1. The van der Waals surface area contributed by atoms with E-state index < -0.39 is 0 Å². The normalized spacial score (nSPS) is 27.7. The van der Waals surface area contributed by atoms with Crippen molar-refractivity contribution < 1.29 is 4.79 Å². The molecule has 0 saturated carbocycles. The molecule has 0 aromatic carbocycles. The summed E-state index contributed by atoms with van der Waals surface area (Å²) in [6.07, 6.45) is 15.6. The maximum Gasteiger partial charge on any atom is 0.219 e. The fourth-order valence-corrected chi connectivity index (χ4v) is 5.32. The standard InChI is InChI=1S/C24H34N4O/c1-17-9-8-10-18(2)23-22(17)24(26-16-25-23)27-13-14-28(19(3)29)21(15-27)20-11-6-4-5-7-12-20/h4,6,9,16,18,20-21H,5,7-8,10-15H2,1-3H3/t18?,20?,21-/m0/s1. The largest absolute Gasteiger partial charge is 0.352 e. The van der Waals surface area contributed by atoms with E-state index in [2.05, 4.69) is 46.9 Å². The Morgan fingerprint density at radius 1 is 1.14 bits per heavy atom. The number of nitrogens with zero attached hydrogens (tertiary/aromatic N) is 4. The molecule has 156 valence electrons. The van der Waals surface area contributed by atoms with Gasteiger partial charge in [-0.25, -0.2) is 9.97 Å². The van der Waals surface area contributed by atoms with Gasteiger partial charge in [-0.1, -0.05) is 25.2 Å². The van der Waals surface area contributed by atoms with Gasteiger partial charge < -0.3 is 9.80 Å². The summed E-state index contributed by atoms with van der Waals surface area (Å²) in [6.45, 7) is 8.67. The Bertz CT molecular complexity index is 815. The van der Waals surface area contributed by atoms with E-state index in [4.69, 9.17) is 4.98 Å². The first-order valence-corrected chi connectivity index (χ1v) is 11.3. The van der Waals surface area contributed by atoms with Crippen LogP contribution in [0.15, 0.2) is 24.6 Å². The summed E-state index contributed by atoms with van der Waals surface area (Å²) in [5.74, 6) is 2.24. The topological polar surface area (TPSA) is 49.3 Å². The van der Waals surface area contributed by atoms with E-state index in [1.807, 2.05) is 0 Å². The minimum atomic E-state index is 0.203. The SMILES string of the molecule is CC(=O)N1CCN(c2ncnc3c2C(C)=CCCC3C)C[C@H]1C1CC=CCCC1. The number of allylic oxidation sites excluding steroid dienone is 4. The van der Waals surface area contributed by atoms with Crippen molar-refractivity contribution >= 4 is 17.3 Å². The zero-order valence-electron chi connectivity index (χ0n) is 18.1. The molecule has 1 aromatic rings. The molecule has 1 amide bonds. The van der Waals surface area contributed by atoms with Crippen molar-refractivity contribution in [3.05, 3.63) is 35.8 Å². The van der Waals surface area contributed by atoms with Crippen LogP contribution in [0.2, 0.25) is 0 Å². The third-order valence-corrected chi connectivity index (χ3v) is 6.99. The molecule has 0 spiro atoms. The number of hydrogen-bond donors (Lipinski definition) is 0. The van der Waals surface area contributed by atoms with Crippen LogP contribution in [0.25, 0.3) is 5.57 Å². The maximum atomic E-state index is 12.4. The van der Waals surface area contributed by atoms with E-state index in [9.17, 15) is 4.79 Å². The molecular formula is C24H34N4O. The van der Waals surface area contributed by atoms with E-state index >= 15 is 0 Å². The maximum absolute atomic E-state index is 12.4. The van der Waals surface area contributed by atoms with Gasteiger partial charge in [-0.15, -0.1) is 0 Å². The molecule has 5 nitrogen and oxygen atoms in total. The highest BCUT2D eigenvalue weighted by Gasteiger charge is 2.36. The Morgan fingerprint density at radius 2 is 2.00 bits per heavy atom. The van der Waals surface area contributed by atoms with Crippen LogP contribution in [-0.2, 0) is 4.79 Å². The van der Waals surface area contributed by atoms with Gasteiger partial charge in [-0.3, -0.25) is 4.79 Å². The molecule has 2 aliphatic carbocycles. The van der Waals surface area contributed by atoms with Gasteiger partial charge in [0, 0.05) is 32.1 Å². The fraction of sp³-hybridized carbons (Fsp3) is 0.625. The van der Waals surface area contributed by atoms with E-state index in [1.165, 1.54) is 29.7 Å². The van der Waals surface area contributed by atoms with Crippen LogP contribution in [0.5, 0.6) is 0 Å². The third-order valence-electron chi connectivity index (χ3n) is 6.99. The molecular weight excluding hydrogens is 360 g/mol.